The van der Waals surface area contributed by atoms with Gasteiger partial charge in [-0.3, -0.25) is 4.98 Å². The van der Waals surface area contributed by atoms with Crippen molar-refractivity contribution in [3.8, 4) is 21.7 Å². The molecule has 6 rings (SSSR count). The van der Waals surface area contributed by atoms with Gasteiger partial charge in [-0.1, -0.05) is 71.0 Å². The molecule has 0 aliphatic rings. The molecule has 0 unspecified atom stereocenters. The Hall–Kier alpha value is -3.43. The Kier molecular flexibility index (Phi) is 5.72. The molecule has 0 radical (unpaired) electrons. The zero-order valence-electron chi connectivity index (χ0n) is 22.5. The molecule has 0 aliphatic carbocycles. The van der Waals surface area contributed by atoms with Crippen LogP contribution in [-0.2, 0) is 11.8 Å². The number of fused-ring (bicyclic) bond motifs is 3. The van der Waals surface area contributed by atoms with Crippen LogP contribution in [0.15, 0.2) is 77.3 Å². The minimum absolute atomic E-state index is 0.0335. The summed E-state index contributed by atoms with van der Waals surface area (Å²) in [7, 11) is 0. The maximum atomic E-state index is 6.21. The number of benzene rings is 3. The van der Waals surface area contributed by atoms with Crippen LogP contribution >= 0.6 is 11.3 Å². The summed E-state index contributed by atoms with van der Waals surface area (Å²) in [6, 6.07) is 24.3. The van der Waals surface area contributed by atoms with E-state index in [9.17, 15) is 0 Å². The first kappa shape index (κ1) is 23.9. The van der Waals surface area contributed by atoms with E-state index in [-0.39, 0.29) is 5.41 Å². The fourth-order valence-corrected chi connectivity index (χ4v) is 6.76. The van der Waals surface area contributed by atoms with Gasteiger partial charge in [0, 0.05) is 33.2 Å². The number of nitrogens with zero attached hydrogens (tertiary/aromatic N) is 1. The molecule has 0 amide bonds. The summed E-state index contributed by atoms with van der Waals surface area (Å²) in [5.74, 6) is 1.60. The quantitative estimate of drug-likeness (QED) is 0.239. The molecule has 3 heterocycles. The molecular weight excluding hydrogens is 470 g/mol. The Morgan fingerprint density at radius 1 is 0.919 bits per heavy atom. The van der Waals surface area contributed by atoms with Crippen LogP contribution in [0.2, 0.25) is 0 Å². The third kappa shape index (κ3) is 4.16. The lowest BCUT2D eigenvalue weighted by atomic mass is 9.82. The molecule has 0 bridgehead atoms. The van der Waals surface area contributed by atoms with Gasteiger partial charge < -0.3 is 4.42 Å². The number of pyridine rings is 1. The van der Waals surface area contributed by atoms with Crippen molar-refractivity contribution in [2.45, 2.75) is 53.4 Å². The molecular formula is C34H33NOS. The van der Waals surface area contributed by atoms with Crippen LogP contribution in [0.1, 0.15) is 51.5 Å². The van der Waals surface area contributed by atoms with Crippen LogP contribution < -0.4 is 0 Å². The van der Waals surface area contributed by atoms with Crippen LogP contribution in [0.25, 0.3) is 53.5 Å². The van der Waals surface area contributed by atoms with E-state index >= 15 is 0 Å². The van der Waals surface area contributed by atoms with Gasteiger partial charge in [0.1, 0.15) is 11.3 Å². The Labute approximate surface area is 223 Å². The van der Waals surface area contributed by atoms with Crippen molar-refractivity contribution in [3.63, 3.8) is 0 Å². The Bertz CT molecular complexity index is 1780. The van der Waals surface area contributed by atoms with Crippen LogP contribution in [0.3, 0.4) is 0 Å². The maximum absolute atomic E-state index is 6.21. The molecule has 0 spiro atoms. The van der Waals surface area contributed by atoms with Gasteiger partial charge in [-0.2, -0.15) is 0 Å². The molecule has 186 valence electrons. The van der Waals surface area contributed by atoms with Crippen molar-refractivity contribution in [1.29, 1.82) is 0 Å². The van der Waals surface area contributed by atoms with E-state index in [2.05, 4.69) is 108 Å². The number of hydrogen-bond donors (Lipinski definition) is 0. The summed E-state index contributed by atoms with van der Waals surface area (Å²) in [5, 5.41) is 5.07. The Morgan fingerprint density at radius 3 is 2.51 bits per heavy atom. The summed E-state index contributed by atoms with van der Waals surface area (Å²) in [6.45, 7) is 13.5. The highest BCUT2D eigenvalue weighted by atomic mass is 32.1. The van der Waals surface area contributed by atoms with E-state index in [4.69, 9.17) is 9.40 Å². The molecule has 3 aromatic carbocycles. The van der Waals surface area contributed by atoms with E-state index in [1.54, 1.807) is 0 Å². The van der Waals surface area contributed by atoms with Crippen molar-refractivity contribution >= 4 is 43.2 Å². The molecule has 0 saturated heterocycles. The Morgan fingerprint density at radius 2 is 1.73 bits per heavy atom. The first-order chi connectivity index (χ1) is 17.7. The van der Waals surface area contributed by atoms with Crippen LogP contribution in [-0.4, -0.2) is 4.98 Å². The molecule has 0 aliphatic heterocycles. The maximum Gasteiger partial charge on any atom is 0.135 e. The highest BCUT2D eigenvalue weighted by molar-refractivity contribution is 7.22. The largest absolute Gasteiger partial charge is 0.461 e. The summed E-state index contributed by atoms with van der Waals surface area (Å²) >= 11 is 1.84. The molecule has 6 aromatic rings. The average Bonchev–Trinajstić information content (AvgIpc) is 3.43. The lowest BCUT2D eigenvalue weighted by Gasteiger charge is -2.22. The summed E-state index contributed by atoms with van der Waals surface area (Å²) in [4.78, 5) is 6.19. The number of aryl methyl sites for hydroxylation is 1. The topological polar surface area (TPSA) is 26.0 Å². The predicted molar refractivity (Wildman–Crippen MR) is 160 cm³/mol. The van der Waals surface area contributed by atoms with Gasteiger partial charge in [0.25, 0.3) is 0 Å². The molecule has 37 heavy (non-hydrogen) atoms. The normalized spacial score (nSPS) is 12.4. The standard InChI is InChI=1S/C34H33NOS/c1-20(2)16-27-21(3)36-29-13-9-12-26(31(27)29)30-19-23-14-15-35-32(33(23)37-30)24-17-22-10-7-8-11-25(22)28(18-24)34(4,5)6/h7-15,17-20H,16H2,1-6H3. The average molecular weight is 504 g/mol. The highest BCUT2D eigenvalue weighted by Crippen LogP contribution is 2.44. The molecule has 0 fully saturated rings. The van der Waals surface area contributed by atoms with Gasteiger partial charge in [0.05, 0.1) is 10.4 Å². The summed E-state index contributed by atoms with van der Waals surface area (Å²) in [5.41, 5.74) is 7.19. The number of aromatic nitrogens is 1. The highest BCUT2D eigenvalue weighted by Gasteiger charge is 2.21. The smallest absolute Gasteiger partial charge is 0.135 e. The van der Waals surface area contributed by atoms with Crippen LogP contribution in [0, 0.1) is 12.8 Å². The van der Waals surface area contributed by atoms with Gasteiger partial charge >= 0.3 is 0 Å². The monoisotopic (exact) mass is 503 g/mol. The van der Waals surface area contributed by atoms with E-state index in [1.165, 1.54) is 53.4 Å². The van der Waals surface area contributed by atoms with Gasteiger partial charge in [-0.15, -0.1) is 11.3 Å². The molecule has 3 aromatic heterocycles. The number of rotatable bonds is 4. The Balaban J connectivity index is 1.57. The number of thiophene rings is 1. The predicted octanol–water partition coefficient (Wildman–Crippen LogP) is 10.3. The molecule has 0 saturated carbocycles. The first-order valence-corrected chi connectivity index (χ1v) is 14.0. The van der Waals surface area contributed by atoms with Crippen molar-refractivity contribution in [3.05, 3.63) is 89.8 Å². The minimum atomic E-state index is 0.0335. The van der Waals surface area contributed by atoms with Crippen LogP contribution in [0.5, 0.6) is 0 Å². The lowest BCUT2D eigenvalue weighted by Crippen LogP contribution is -2.12. The van der Waals surface area contributed by atoms with Crippen LogP contribution in [0.4, 0.5) is 0 Å². The third-order valence-corrected chi connectivity index (χ3v) is 8.46. The zero-order chi connectivity index (χ0) is 25.9. The number of furan rings is 1. The van der Waals surface area contributed by atoms with Gasteiger partial charge in [-0.05, 0) is 76.7 Å². The second-order valence-electron chi connectivity index (χ2n) is 11.6. The second-order valence-corrected chi connectivity index (χ2v) is 12.6. The SMILES string of the molecule is Cc1oc2cccc(-c3cc4ccnc(-c5cc(C(C)(C)C)c6ccccc6c5)c4s3)c2c1CC(C)C. The van der Waals surface area contributed by atoms with Gasteiger partial charge in [0.2, 0.25) is 0 Å². The number of hydrogen-bond acceptors (Lipinski definition) is 3. The van der Waals surface area contributed by atoms with Gasteiger partial charge in [0.15, 0.2) is 0 Å². The van der Waals surface area contributed by atoms with E-state index in [1.807, 2.05) is 17.5 Å². The van der Waals surface area contributed by atoms with Gasteiger partial charge in [-0.25, -0.2) is 0 Å². The molecule has 0 atom stereocenters. The fourth-order valence-electron chi connectivity index (χ4n) is 5.56. The molecule has 3 heteroatoms. The van der Waals surface area contributed by atoms with E-state index in [0.717, 1.165) is 23.5 Å². The van der Waals surface area contributed by atoms with Crippen molar-refractivity contribution in [1.82, 2.24) is 4.98 Å². The van der Waals surface area contributed by atoms with Crippen molar-refractivity contribution in [2.75, 3.05) is 0 Å². The first-order valence-electron chi connectivity index (χ1n) is 13.1. The summed E-state index contributed by atoms with van der Waals surface area (Å²) < 4.78 is 7.44. The minimum Gasteiger partial charge on any atom is -0.461 e. The molecule has 0 N–H and O–H groups in total. The van der Waals surface area contributed by atoms with Crippen molar-refractivity contribution in [2.24, 2.45) is 5.92 Å². The van der Waals surface area contributed by atoms with Crippen molar-refractivity contribution < 1.29 is 4.42 Å². The molecule has 2 nitrogen and oxygen atoms in total. The third-order valence-electron chi connectivity index (χ3n) is 7.27. The fraction of sp³-hybridized carbons (Fsp3) is 0.265. The second kappa shape index (κ2) is 8.85. The zero-order valence-corrected chi connectivity index (χ0v) is 23.3. The lowest BCUT2D eigenvalue weighted by molar-refractivity contribution is 0.560. The summed E-state index contributed by atoms with van der Waals surface area (Å²) in [6.07, 6.45) is 2.97. The van der Waals surface area contributed by atoms with E-state index < -0.39 is 0 Å². The van der Waals surface area contributed by atoms with E-state index in [0.29, 0.717) is 5.92 Å².